The normalized spacial score (nSPS) is 13.9. The van der Waals surface area contributed by atoms with Crippen molar-refractivity contribution in [1.29, 1.82) is 0 Å². The summed E-state index contributed by atoms with van der Waals surface area (Å²) in [6.07, 6.45) is 1.44. The lowest BCUT2D eigenvalue weighted by atomic mass is 10.0. The Morgan fingerprint density at radius 2 is 1.59 bits per heavy atom. The molecule has 0 radical (unpaired) electrons. The van der Waals surface area contributed by atoms with Crippen LogP contribution in [0.4, 0.5) is 0 Å². The van der Waals surface area contributed by atoms with Crippen LogP contribution in [0, 0.1) is 0 Å². The number of ether oxygens (including phenoxy) is 2. The lowest BCUT2D eigenvalue weighted by molar-refractivity contribution is 0.0698. The van der Waals surface area contributed by atoms with Gasteiger partial charge < -0.3 is 19.7 Å². The van der Waals surface area contributed by atoms with Crippen LogP contribution in [-0.2, 0) is 6.61 Å². The zero-order valence-electron chi connectivity index (χ0n) is 19.4. The van der Waals surface area contributed by atoms with Crippen molar-refractivity contribution in [2.24, 2.45) is 0 Å². The van der Waals surface area contributed by atoms with Crippen molar-refractivity contribution in [2.75, 3.05) is 19.7 Å². The fourth-order valence-electron chi connectivity index (χ4n) is 4.01. The molecule has 0 atom stereocenters. The number of piperidine rings is 1. The zero-order chi connectivity index (χ0) is 23.8. The molecule has 0 aliphatic carbocycles. The van der Waals surface area contributed by atoms with Gasteiger partial charge in [0.2, 0.25) is 0 Å². The highest BCUT2D eigenvalue weighted by molar-refractivity contribution is 5.95. The quantitative estimate of drug-likeness (QED) is 0.531. The second-order valence-corrected chi connectivity index (χ2v) is 8.30. The Morgan fingerprint density at radius 1 is 0.853 bits per heavy atom. The van der Waals surface area contributed by atoms with Gasteiger partial charge in [-0.3, -0.25) is 9.59 Å². The molecule has 1 saturated heterocycles. The second kappa shape index (κ2) is 11.4. The number of carbonyl (C=O) groups is 2. The Hall–Kier alpha value is -3.80. The Balaban J connectivity index is 1.26. The molecule has 0 unspecified atom stereocenters. The average molecular weight is 459 g/mol. The Kier molecular flexibility index (Phi) is 7.81. The van der Waals surface area contributed by atoms with Gasteiger partial charge in [-0.05, 0) is 67.8 Å². The molecule has 0 bridgehead atoms. The van der Waals surface area contributed by atoms with Gasteiger partial charge >= 0.3 is 0 Å². The van der Waals surface area contributed by atoms with Crippen molar-refractivity contribution in [1.82, 2.24) is 10.2 Å². The van der Waals surface area contributed by atoms with E-state index >= 15 is 0 Å². The van der Waals surface area contributed by atoms with Gasteiger partial charge in [0.25, 0.3) is 11.8 Å². The number of nitrogens with zero attached hydrogens (tertiary/aromatic N) is 1. The summed E-state index contributed by atoms with van der Waals surface area (Å²) < 4.78 is 11.3. The summed E-state index contributed by atoms with van der Waals surface area (Å²) in [5.41, 5.74) is 2.29. The van der Waals surface area contributed by atoms with Crippen molar-refractivity contribution in [2.45, 2.75) is 32.4 Å². The first-order chi connectivity index (χ1) is 16.6. The molecule has 1 aliphatic heterocycles. The maximum atomic E-state index is 12.8. The number of rotatable bonds is 8. The van der Waals surface area contributed by atoms with Gasteiger partial charge in [-0.25, -0.2) is 0 Å². The van der Waals surface area contributed by atoms with Crippen LogP contribution in [0.5, 0.6) is 11.5 Å². The SMILES string of the molecule is CCOc1ccc(C(=O)N2CCC(NC(=O)c3cccc(OCc4ccccc4)c3)CC2)cc1. The van der Waals surface area contributed by atoms with Gasteiger partial charge in [0.05, 0.1) is 6.61 Å². The highest BCUT2D eigenvalue weighted by Crippen LogP contribution is 2.19. The summed E-state index contributed by atoms with van der Waals surface area (Å²) >= 11 is 0. The monoisotopic (exact) mass is 458 g/mol. The first-order valence-corrected chi connectivity index (χ1v) is 11.7. The Morgan fingerprint density at radius 3 is 2.29 bits per heavy atom. The number of nitrogens with one attached hydrogen (secondary N) is 1. The molecular weight excluding hydrogens is 428 g/mol. The molecule has 1 aliphatic rings. The van der Waals surface area contributed by atoms with Crippen molar-refractivity contribution >= 4 is 11.8 Å². The fraction of sp³-hybridized carbons (Fsp3) is 0.286. The standard InChI is InChI=1S/C28H30N2O4/c1-2-33-25-13-11-22(12-14-25)28(32)30-17-15-24(16-18-30)29-27(31)23-9-6-10-26(19-23)34-20-21-7-4-3-5-8-21/h3-14,19,24H,2,15-18,20H2,1H3,(H,29,31). The van der Waals surface area contributed by atoms with E-state index in [2.05, 4.69) is 5.32 Å². The van der Waals surface area contributed by atoms with E-state index in [1.807, 2.05) is 66.4 Å². The van der Waals surface area contributed by atoms with Gasteiger partial charge in [0.15, 0.2) is 0 Å². The third-order valence-electron chi connectivity index (χ3n) is 5.87. The topological polar surface area (TPSA) is 67.9 Å². The Bertz CT molecular complexity index is 1090. The fourth-order valence-corrected chi connectivity index (χ4v) is 4.01. The van der Waals surface area contributed by atoms with Gasteiger partial charge in [0, 0.05) is 30.3 Å². The first kappa shape index (κ1) is 23.4. The summed E-state index contributed by atoms with van der Waals surface area (Å²) in [6.45, 7) is 4.19. The number of hydrogen-bond donors (Lipinski definition) is 1. The first-order valence-electron chi connectivity index (χ1n) is 11.7. The highest BCUT2D eigenvalue weighted by atomic mass is 16.5. The Labute approximate surface area is 200 Å². The van der Waals surface area contributed by atoms with Gasteiger partial charge in [-0.15, -0.1) is 0 Å². The summed E-state index contributed by atoms with van der Waals surface area (Å²) in [7, 11) is 0. The van der Waals surface area contributed by atoms with Gasteiger partial charge in [0.1, 0.15) is 18.1 Å². The lowest BCUT2D eigenvalue weighted by Gasteiger charge is -2.32. The largest absolute Gasteiger partial charge is 0.494 e. The van der Waals surface area contributed by atoms with Crippen LogP contribution in [-0.4, -0.2) is 42.5 Å². The summed E-state index contributed by atoms with van der Waals surface area (Å²) in [5, 5.41) is 3.11. The molecule has 3 aromatic rings. The average Bonchev–Trinajstić information content (AvgIpc) is 2.89. The molecule has 0 saturated carbocycles. The third kappa shape index (κ3) is 6.16. The van der Waals surface area contributed by atoms with Crippen molar-refractivity contribution < 1.29 is 19.1 Å². The molecule has 0 aromatic heterocycles. The molecule has 1 fully saturated rings. The molecule has 176 valence electrons. The van der Waals surface area contributed by atoms with E-state index in [0.29, 0.717) is 43.2 Å². The molecule has 3 aromatic carbocycles. The smallest absolute Gasteiger partial charge is 0.253 e. The van der Waals surface area contributed by atoms with E-state index in [0.717, 1.165) is 24.2 Å². The molecule has 6 nitrogen and oxygen atoms in total. The van der Waals surface area contributed by atoms with E-state index in [9.17, 15) is 9.59 Å². The molecule has 2 amide bonds. The molecule has 4 rings (SSSR count). The van der Waals surface area contributed by atoms with Crippen LogP contribution in [0.2, 0.25) is 0 Å². The number of likely N-dealkylation sites (tertiary alicyclic amines) is 1. The maximum absolute atomic E-state index is 12.8. The number of hydrogen-bond acceptors (Lipinski definition) is 4. The molecule has 0 spiro atoms. The number of carbonyl (C=O) groups excluding carboxylic acids is 2. The minimum atomic E-state index is -0.124. The van der Waals surface area contributed by atoms with E-state index in [-0.39, 0.29) is 17.9 Å². The van der Waals surface area contributed by atoms with E-state index in [1.54, 1.807) is 24.3 Å². The van der Waals surface area contributed by atoms with Crippen molar-refractivity contribution in [3.8, 4) is 11.5 Å². The second-order valence-electron chi connectivity index (χ2n) is 8.30. The lowest BCUT2D eigenvalue weighted by Crippen LogP contribution is -2.46. The summed E-state index contributed by atoms with van der Waals surface area (Å²) in [4.78, 5) is 27.5. The predicted molar refractivity (Wildman–Crippen MR) is 131 cm³/mol. The molecule has 6 heteroatoms. The summed E-state index contributed by atoms with van der Waals surface area (Å²) in [6, 6.07) is 24.4. The van der Waals surface area contributed by atoms with Crippen LogP contribution in [0.25, 0.3) is 0 Å². The van der Waals surface area contributed by atoms with E-state index in [4.69, 9.17) is 9.47 Å². The van der Waals surface area contributed by atoms with Crippen LogP contribution in [0.1, 0.15) is 46.0 Å². The van der Waals surface area contributed by atoms with Crippen LogP contribution in [0.15, 0.2) is 78.9 Å². The minimum absolute atomic E-state index is 0.0103. The number of benzene rings is 3. The number of amides is 2. The van der Waals surface area contributed by atoms with Crippen LogP contribution < -0.4 is 14.8 Å². The summed E-state index contributed by atoms with van der Waals surface area (Å²) in [5.74, 6) is 1.31. The van der Waals surface area contributed by atoms with Crippen LogP contribution in [0.3, 0.4) is 0 Å². The van der Waals surface area contributed by atoms with E-state index in [1.165, 1.54) is 0 Å². The van der Waals surface area contributed by atoms with Crippen molar-refractivity contribution in [3.05, 3.63) is 95.6 Å². The van der Waals surface area contributed by atoms with Gasteiger partial charge in [-0.2, -0.15) is 0 Å². The minimum Gasteiger partial charge on any atom is -0.494 e. The van der Waals surface area contributed by atoms with E-state index < -0.39 is 0 Å². The molecular formula is C28H30N2O4. The molecule has 1 heterocycles. The predicted octanol–water partition coefficient (Wildman–Crippen LogP) is 4.70. The highest BCUT2D eigenvalue weighted by Gasteiger charge is 2.25. The molecule has 1 N–H and O–H groups in total. The van der Waals surface area contributed by atoms with Crippen molar-refractivity contribution in [3.63, 3.8) is 0 Å². The zero-order valence-corrected chi connectivity index (χ0v) is 19.4. The molecule has 34 heavy (non-hydrogen) atoms. The van der Waals surface area contributed by atoms with Crippen LogP contribution >= 0.6 is 0 Å². The third-order valence-corrected chi connectivity index (χ3v) is 5.87. The van der Waals surface area contributed by atoms with Gasteiger partial charge in [-0.1, -0.05) is 36.4 Å². The maximum Gasteiger partial charge on any atom is 0.253 e.